The fraction of sp³-hybridized carbons (Fsp3) is 0.263. The number of halogens is 1. The molecule has 132 valence electrons. The Morgan fingerprint density at radius 2 is 2.08 bits per heavy atom. The molecule has 5 nitrogen and oxygen atoms in total. The lowest BCUT2D eigenvalue weighted by atomic mass is 9.86. The molecule has 2 aromatic heterocycles. The van der Waals surface area contributed by atoms with Crippen LogP contribution >= 0.6 is 11.3 Å². The van der Waals surface area contributed by atoms with E-state index in [4.69, 9.17) is 10.7 Å². The number of hydrogen-bond acceptors (Lipinski definition) is 5. The molecule has 0 aliphatic carbocycles. The van der Waals surface area contributed by atoms with Gasteiger partial charge in [-0.05, 0) is 31.0 Å². The highest BCUT2D eigenvalue weighted by Gasteiger charge is 2.33. The van der Waals surface area contributed by atoms with Gasteiger partial charge in [0.05, 0.1) is 22.8 Å². The summed E-state index contributed by atoms with van der Waals surface area (Å²) < 4.78 is 13.8. The molecule has 0 atom stereocenters. The van der Waals surface area contributed by atoms with Gasteiger partial charge in [-0.25, -0.2) is 9.37 Å². The molecule has 3 N–H and O–H groups in total. The van der Waals surface area contributed by atoms with E-state index in [0.717, 1.165) is 47.5 Å². The Hall–Kier alpha value is -2.67. The minimum absolute atomic E-state index is 0.144. The molecule has 0 saturated carbocycles. The smallest absolute Gasteiger partial charge is 0.268 e. The number of pyridine rings is 1. The number of carbonyl (C=O) groups is 1. The van der Waals surface area contributed by atoms with Gasteiger partial charge in [0.25, 0.3) is 5.91 Å². The Bertz CT molecular complexity index is 1040. The first kappa shape index (κ1) is 15.6. The van der Waals surface area contributed by atoms with Crippen LogP contribution in [0.5, 0.6) is 0 Å². The molecule has 2 bridgehead atoms. The standard InChI is InChI=1S/C19H17FN4OS/c20-12-3-1-2-4-13(12)22-18(25)17-15(21)11-9-14-16(23-19(11)26-17)10-5-7-24(14)8-6-10/h1-4,9-10H,5-8,21H2,(H,22,25). The lowest BCUT2D eigenvalue weighted by molar-refractivity contribution is 0.103. The average Bonchev–Trinajstić information content (AvgIpc) is 2.99. The number of nitrogens with one attached hydrogen (secondary N) is 1. The molecule has 1 saturated heterocycles. The highest BCUT2D eigenvalue weighted by atomic mass is 32.1. The third kappa shape index (κ3) is 2.27. The van der Waals surface area contributed by atoms with Gasteiger partial charge in [-0.3, -0.25) is 4.79 Å². The largest absolute Gasteiger partial charge is 0.397 e. The molecule has 5 heterocycles. The maximum atomic E-state index is 13.8. The predicted octanol–water partition coefficient (Wildman–Crippen LogP) is 3.97. The van der Waals surface area contributed by atoms with Crippen molar-refractivity contribution >= 4 is 44.5 Å². The molecule has 1 fully saturated rings. The third-order valence-corrected chi connectivity index (χ3v) is 6.39. The van der Waals surface area contributed by atoms with Crippen molar-refractivity contribution in [3.05, 3.63) is 46.7 Å². The van der Waals surface area contributed by atoms with Gasteiger partial charge in [0, 0.05) is 24.4 Å². The van der Waals surface area contributed by atoms with Gasteiger partial charge in [0.2, 0.25) is 0 Å². The maximum absolute atomic E-state index is 13.8. The van der Waals surface area contributed by atoms with Crippen LogP contribution in [0.15, 0.2) is 30.3 Å². The van der Waals surface area contributed by atoms with Crippen molar-refractivity contribution in [1.29, 1.82) is 0 Å². The number of nitrogen functional groups attached to an aromatic ring is 1. The number of piperidine rings is 1. The average molecular weight is 368 g/mol. The summed E-state index contributed by atoms with van der Waals surface area (Å²) in [6, 6.07) is 8.15. The van der Waals surface area contributed by atoms with Crippen LogP contribution in [0, 0.1) is 5.82 Å². The van der Waals surface area contributed by atoms with E-state index in [9.17, 15) is 9.18 Å². The Kier molecular flexibility index (Phi) is 3.40. The quantitative estimate of drug-likeness (QED) is 0.718. The summed E-state index contributed by atoms with van der Waals surface area (Å²) in [5, 5.41) is 3.41. The molecular formula is C19H17FN4OS. The second-order valence-electron chi connectivity index (χ2n) is 6.79. The molecule has 3 aliphatic rings. The SMILES string of the molecule is Nc1c(C(=O)Nc2ccccc2F)sc2nc3c(cc12)N1CCC3CC1. The van der Waals surface area contributed by atoms with Crippen molar-refractivity contribution in [3.8, 4) is 0 Å². The van der Waals surface area contributed by atoms with E-state index < -0.39 is 11.7 Å². The fourth-order valence-electron chi connectivity index (χ4n) is 3.90. The predicted molar refractivity (Wildman–Crippen MR) is 103 cm³/mol. The molecule has 0 unspecified atom stereocenters. The molecule has 1 aromatic carbocycles. The summed E-state index contributed by atoms with van der Waals surface area (Å²) in [6.07, 6.45) is 2.26. The molecule has 3 aromatic rings. The minimum atomic E-state index is -0.474. The minimum Gasteiger partial charge on any atom is -0.397 e. The van der Waals surface area contributed by atoms with E-state index in [1.807, 2.05) is 0 Å². The number of rotatable bonds is 2. The first-order valence-electron chi connectivity index (χ1n) is 8.65. The van der Waals surface area contributed by atoms with E-state index in [-0.39, 0.29) is 5.69 Å². The third-order valence-electron chi connectivity index (χ3n) is 5.28. The normalized spacial score (nSPS) is 16.1. The van der Waals surface area contributed by atoms with Crippen LogP contribution < -0.4 is 16.0 Å². The number of anilines is 3. The van der Waals surface area contributed by atoms with Crippen molar-refractivity contribution in [2.45, 2.75) is 18.8 Å². The zero-order valence-corrected chi connectivity index (χ0v) is 14.8. The van der Waals surface area contributed by atoms with Crippen molar-refractivity contribution in [1.82, 2.24) is 4.98 Å². The number of aromatic nitrogens is 1. The van der Waals surface area contributed by atoms with Crippen LogP contribution in [0.3, 0.4) is 0 Å². The lowest BCUT2D eigenvalue weighted by Crippen LogP contribution is -2.39. The number of carbonyl (C=O) groups excluding carboxylic acids is 1. The zero-order valence-electron chi connectivity index (χ0n) is 14.0. The van der Waals surface area contributed by atoms with Crippen molar-refractivity contribution < 1.29 is 9.18 Å². The van der Waals surface area contributed by atoms with Gasteiger partial charge in [0.1, 0.15) is 15.5 Å². The van der Waals surface area contributed by atoms with Crippen molar-refractivity contribution in [2.24, 2.45) is 0 Å². The number of nitrogens with two attached hydrogens (primary N) is 1. The number of fused-ring (bicyclic) bond motifs is 3. The fourth-order valence-corrected chi connectivity index (χ4v) is 4.88. The topological polar surface area (TPSA) is 71.2 Å². The Morgan fingerprint density at radius 1 is 1.31 bits per heavy atom. The summed E-state index contributed by atoms with van der Waals surface area (Å²) in [5.74, 6) is -0.381. The molecule has 0 spiro atoms. The molecule has 0 radical (unpaired) electrons. The van der Waals surface area contributed by atoms with Crippen LogP contribution in [-0.4, -0.2) is 24.0 Å². The molecular weight excluding hydrogens is 351 g/mol. The summed E-state index contributed by atoms with van der Waals surface area (Å²) in [6.45, 7) is 2.10. The van der Waals surface area contributed by atoms with Gasteiger partial charge in [-0.2, -0.15) is 0 Å². The summed E-state index contributed by atoms with van der Waals surface area (Å²) in [5.41, 5.74) is 9.08. The second kappa shape index (κ2) is 5.67. The highest BCUT2D eigenvalue weighted by molar-refractivity contribution is 7.21. The first-order chi connectivity index (χ1) is 12.6. The summed E-state index contributed by atoms with van der Waals surface area (Å²) in [7, 11) is 0. The number of benzene rings is 1. The van der Waals surface area contributed by atoms with E-state index in [1.165, 1.54) is 23.5 Å². The van der Waals surface area contributed by atoms with Gasteiger partial charge in [-0.15, -0.1) is 11.3 Å². The lowest BCUT2D eigenvalue weighted by Gasteiger charge is -2.41. The van der Waals surface area contributed by atoms with Crippen LogP contribution in [0.1, 0.15) is 34.1 Å². The van der Waals surface area contributed by atoms with Crippen LogP contribution in [0.4, 0.5) is 21.5 Å². The van der Waals surface area contributed by atoms with Crippen molar-refractivity contribution in [3.63, 3.8) is 0 Å². The van der Waals surface area contributed by atoms with Gasteiger partial charge in [0.15, 0.2) is 0 Å². The Labute approximate surface area is 153 Å². The monoisotopic (exact) mass is 368 g/mol. The molecule has 3 aliphatic heterocycles. The van der Waals surface area contributed by atoms with Crippen LogP contribution in [0.2, 0.25) is 0 Å². The number of hydrogen-bond donors (Lipinski definition) is 2. The summed E-state index contributed by atoms with van der Waals surface area (Å²) >= 11 is 1.27. The van der Waals surface area contributed by atoms with Gasteiger partial charge in [-0.1, -0.05) is 12.1 Å². The maximum Gasteiger partial charge on any atom is 0.268 e. The van der Waals surface area contributed by atoms with E-state index in [2.05, 4.69) is 16.3 Å². The van der Waals surface area contributed by atoms with Crippen LogP contribution in [-0.2, 0) is 0 Å². The molecule has 7 heteroatoms. The number of nitrogens with zero attached hydrogens (tertiary/aromatic N) is 2. The number of amides is 1. The van der Waals surface area contributed by atoms with Gasteiger partial charge >= 0.3 is 0 Å². The Balaban J connectivity index is 1.56. The summed E-state index contributed by atoms with van der Waals surface area (Å²) in [4.78, 5) is 21.0. The molecule has 6 rings (SSSR count). The number of para-hydroxylation sites is 1. The van der Waals surface area contributed by atoms with Gasteiger partial charge < -0.3 is 16.0 Å². The van der Waals surface area contributed by atoms with Crippen molar-refractivity contribution in [2.75, 3.05) is 29.0 Å². The second-order valence-corrected chi connectivity index (χ2v) is 7.78. The van der Waals surface area contributed by atoms with E-state index in [1.54, 1.807) is 12.1 Å². The zero-order chi connectivity index (χ0) is 17.8. The first-order valence-corrected chi connectivity index (χ1v) is 9.47. The van der Waals surface area contributed by atoms with E-state index >= 15 is 0 Å². The van der Waals surface area contributed by atoms with Crippen LogP contribution in [0.25, 0.3) is 10.2 Å². The highest BCUT2D eigenvalue weighted by Crippen LogP contribution is 2.45. The van der Waals surface area contributed by atoms with E-state index in [0.29, 0.717) is 16.5 Å². The molecule has 1 amide bonds. The Morgan fingerprint density at radius 3 is 2.85 bits per heavy atom. The molecule has 26 heavy (non-hydrogen) atoms. The number of thiophene rings is 1.